The molecule has 1 atom stereocenters. The predicted molar refractivity (Wildman–Crippen MR) is 85.0 cm³/mol. The van der Waals surface area contributed by atoms with Gasteiger partial charge in [0, 0.05) is 26.2 Å². The standard InChI is InChI=1S/C17H20FN3O3/c1-20-7-6-15(19-20)16(23)21-8-9-24-17(11-21,12-22)10-13-4-2-3-5-14(13)18/h2-7,22H,8-12H2,1H3/t17-/m0/s1. The molecule has 7 heteroatoms. The molecule has 1 aromatic heterocycles. The van der Waals surface area contributed by atoms with Crippen molar-refractivity contribution in [1.82, 2.24) is 14.7 Å². The summed E-state index contributed by atoms with van der Waals surface area (Å²) in [5.41, 5.74) is -0.207. The SMILES string of the molecule is Cn1ccc(C(=O)N2CCO[C@@](CO)(Cc3ccccc3F)C2)n1. The van der Waals surface area contributed by atoms with E-state index in [2.05, 4.69) is 5.10 Å². The molecule has 2 aromatic rings. The monoisotopic (exact) mass is 333 g/mol. The van der Waals surface area contributed by atoms with Gasteiger partial charge in [-0.25, -0.2) is 4.39 Å². The van der Waals surface area contributed by atoms with Gasteiger partial charge in [0.2, 0.25) is 0 Å². The molecule has 0 spiro atoms. The van der Waals surface area contributed by atoms with Gasteiger partial charge in [0.1, 0.15) is 17.1 Å². The Morgan fingerprint density at radius 2 is 2.21 bits per heavy atom. The van der Waals surface area contributed by atoms with Crippen LogP contribution in [-0.4, -0.2) is 57.6 Å². The van der Waals surface area contributed by atoms with Crippen LogP contribution in [0.2, 0.25) is 0 Å². The summed E-state index contributed by atoms with van der Waals surface area (Å²) in [5.74, 6) is -0.563. The quantitative estimate of drug-likeness (QED) is 0.907. The van der Waals surface area contributed by atoms with E-state index in [0.717, 1.165) is 0 Å². The van der Waals surface area contributed by atoms with Crippen molar-refractivity contribution in [2.45, 2.75) is 12.0 Å². The normalized spacial score (nSPS) is 21.0. The molecule has 1 saturated heterocycles. The largest absolute Gasteiger partial charge is 0.393 e. The maximum absolute atomic E-state index is 13.9. The molecule has 0 unspecified atom stereocenters. The average molecular weight is 333 g/mol. The third-order valence-corrected chi connectivity index (χ3v) is 4.23. The number of amides is 1. The first-order valence-corrected chi connectivity index (χ1v) is 7.80. The number of nitrogens with zero attached hydrogens (tertiary/aromatic N) is 3. The zero-order valence-corrected chi connectivity index (χ0v) is 13.5. The number of rotatable bonds is 4. The van der Waals surface area contributed by atoms with E-state index < -0.39 is 5.60 Å². The van der Waals surface area contributed by atoms with Crippen molar-refractivity contribution in [3.63, 3.8) is 0 Å². The van der Waals surface area contributed by atoms with E-state index in [1.165, 1.54) is 6.07 Å². The molecule has 6 nitrogen and oxygen atoms in total. The second-order valence-corrected chi connectivity index (χ2v) is 6.06. The minimum Gasteiger partial charge on any atom is -0.393 e. The van der Waals surface area contributed by atoms with Crippen LogP contribution in [0.3, 0.4) is 0 Å². The van der Waals surface area contributed by atoms with E-state index in [-0.39, 0.29) is 37.9 Å². The molecule has 0 bridgehead atoms. The molecule has 2 heterocycles. The summed E-state index contributed by atoms with van der Waals surface area (Å²) in [6, 6.07) is 8.04. The van der Waals surface area contributed by atoms with E-state index in [1.54, 1.807) is 47.1 Å². The first kappa shape index (κ1) is 16.6. The Kier molecular flexibility index (Phi) is 4.64. The number of carbonyl (C=O) groups is 1. The number of hydrogen-bond acceptors (Lipinski definition) is 4. The van der Waals surface area contributed by atoms with Crippen LogP contribution in [-0.2, 0) is 18.2 Å². The number of ether oxygens (including phenoxy) is 1. The number of hydrogen-bond donors (Lipinski definition) is 1. The highest BCUT2D eigenvalue weighted by Crippen LogP contribution is 2.25. The van der Waals surface area contributed by atoms with Crippen LogP contribution in [0.25, 0.3) is 0 Å². The van der Waals surface area contributed by atoms with Crippen LogP contribution in [0.5, 0.6) is 0 Å². The minimum atomic E-state index is -1.01. The first-order valence-electron chi connectivity index (χ1n) is 7.80. The van der Waals surface area contributed by atoms with Crippen LogP contribution in [0.4, 0.5) is 4.39 Å². The Morgan fingerprint density at radius 3 is 2.88 bits per heavy atom. The van der Waals surface area contributed by atoms with Gasteiger partial charge in [0.15, 0.2) is 0 Å². The molecule has 1 N–H and O–H groups in total. The number of carbonyl (C=O) groups excluding carboxylic acids is 1. The molecule has 24 heavy (non-hydrogen) atoms. The summed E-state index contributed by atoms with van der Waals surface area (Å²) in [7, 11) is 1.74. The Bertz CT molecular complexity index is 733. The number of morpholine rings is 1. The highest BCUT2D eigenvalue weighted by molar-refractivity contribution is 5.92. The second kappa shape index (κ2) is 6.70. The first-order chi connectivity index (χ1) is 11.5. The van der Waals surface area contributed by atoms with E-state index in [1.807, 2.05) is 0 Å². The average Bonchev–Trinajstić information content (AvgIpc) is 3.03. The lowest BCUT2D eigenvalue weighted by Crippen LogP contribution is -2.57. The molecule has 1 fully saturated rings. The van der Waals surface area contributed by atoms with E-state index in [0.29, 0.717) is 17.8 Å². The smallest absolute Gasteiger partial charge is 0.274 e. The number of aliphatic hydroxyl groups excluding tert-OH is 1. The van der Waals surface area contributed by atoms with E-state index in [9.17, 15) is 14.3 Å². The number of aryl methyl sites for hydroxylation is 1. The van der Waals surface area contributed by atoms with E-state index >= 15 is 0 Å². The Hall–Kier alpha value is -2.25. The fraction of sp³-hybridized carbons (Fsp3) is 0.412. The molecule has 1 aliphatic heterocycles. The van der Waals surface area contributed by atoms with Crippen molar-refractivity contribution >= 4 is 5.91 Å². The van der Waals surface area contributed by atoms with Crippen molar-refractivity contribution in [1.29, 1.82) is 0 Å². The van der Waals surface area contributed by atoms with Crippen LogP contribution in [0.1, 0.15) is 16.1 Å². The Balaban J connectivity index is 1.79. The zero-order chi connectivity index (χ0) is 17.2. The van der Waals surface area contributed by atoms with Crippen molar-refractivity contribution < 1.29 is 19.0 Å². The number of halogens is 1. The summed E-state index contributed by atoms with van der Waals surface area (Å²) in [6.45, 7) is 0.586. The highest BCUT2D eigenvalue weighted by atomic mass is 19.1. The Morgan fingerprint density at radius 1 is 1.42 bits per heavy atom. The molecule has 1 aromatic carbocycles. The van der Waals surface area contributed by atoms with Crippen LogP contribution in [0.15, 0.2) is 36.5 Å². The molecular weight excluding hydrogens is 313 g/mol. The number of benzene rings is 1. The van der Waals surface area contributed by atoms with Gasteiger partial charge in [-0.05, 0) is 17.7 Å². The minimum absolute atomic E-state index is 0.188. The fourth-order valence-corrected chi connectivity index (χ4v) is 2.96. The summed E-state index contributed by atoms with van der Waals surface area (Å²) < 4.78 is 21.3. The predicted octanol–water partition coefficient (Wildman–Crippen LogP) is 1.01. The molecule has 1 aliphatic rings. The molecule has 1 amide bonds. The lowest BCUT2D eigenvalue weighted by Gasteiger charge is -2.41. The highest BCUT2D eigenvalue weighted by Gasteiger charge is 2.39. The van der Waals surface area contributed by atoms with Crippen molar-refractivity contribution in [2.75, 3.05) is 26.3 Å². The van der Waals surface area contributed by atoms with E-state index in [4.69, 9.17) is 4.74 Å². The second-order valence-electron chi connectivity index (χ2n) is 6.06. The molecule has 0 saturated carbocycles. The summed E-state index contributed by atoms with van der Waals surface area (Å²) in [6.07, 6.45) is 1.90. The molecular formula is C17H20FN3O3. The third-order valence-electron chi connectivity index (χ3n) is 4.23. The maximum atomic E-state index is 13.9. The van der Waals surface area contributed by atoms with Gasteiger partial charge >= 0.3 is 0 Å². The Labute approximate surface area is 139 Å². The lowest BCUT2D eigenvalue weighted by atomic mass is 9.92. The number of aromatic nitrogens is 2. The van der Waals surface area contributed by atoms with Crippen LogP contribution in [0, 0.1) is 5.82 Å². The topological polar surface area (TPSA) is 67.6 Å². The van der Waals surface area contributed by atoms with Gasteiger partial charge < -0.3 is 14.7 Å². The van der Waals surface area contributed by atoms with Gasteiger partial charge in [0.25, 0.3) is 5.91 Å². The van der Waals surface area contributed by atoms with Gasteiger partial charge in [-0.3, -0.25) is 9.48 Å². The van der Waals surface area contributed by atoms with Gasteiger partial charge in [-0.15, -0.1) is 0 Å². The molecule has 0 radical (unpaired) electrons. The zero-order valence-electron chi connectivity index (χ0n) is 13.5. The van der Waals surface area contributed by atoms with Crippen LogP contribution >= 0.6 is 0 Å². The molecule has 128 valence electrons. The van der Waals surface area contributed by atoms with Crippen LogP contribution < -0.4 is 0 Å². The van der Waals surface area contributed by atoms with Crippen molar-refractivity contribution in [3.8, 4) is 0 Å². The van der Waals surface area contributed by atoms with Crippen molar-refractivity contribution in [2.24, 2.45) is 7.05 Å². The van der Waals surface area contributed by atoms with Crippen molar-refractivity contribution in [3.05, 3.63) is 53.6 Å². The third kappa shape index (κ3) is 3.32. The lowest BCUT2D eigenvalue weighted by molar-refractivity contribution is -0.124. The van der Waals surface area contributed by atoms with Gasteiger partial charge in [0.05, 0.1) is 19.8 Å². The van der Waals surface area contributed by atoms with Gasteiger partial charge in [-0.1, -0.05) is 18.2 Å². The summed E-state index contributed by atoms with van der Waals surface area (Å²) in [5, 5.41) is 14.0. The fourth-order valence-electron chi connectivity index (χ4n) is 2.96. The maximum Gasteiger partial charge on any atom is 0.274 e. The summed E-state index contributed by atoms with van der Waals surface area (Å²) >= 11 is 0. The summed E-state index contributed by atoms with van der Waals surface area (Å²) in [4.78, 5) is 14.2. The van der Waals surface area contributed by atoms with Gasteiger partial charge in [-0.2, -0.15) is 5.10 Å². The number of aliphatic hydroxyl groups is 1. The molecule has 3 rings (SSSR count). The molecule has 0 aliphatic carbocycles.